The molecular formula is C31H36N6O6. The van der Waals surface area contributed by atoms with E-state index in [1.807, 2.05) is 54.6 Å². The molecule has 0 spiro atoms. The summed E-state index contributed by atoms with van der Waals surface area (Å²) in [5.74, 6) is 1.93. The number of methoxy groups -OCH3 is 2. The number of amides is 1. The van der Waals surface area contributed by atoms with Crippen LogP contribution < -0.4 is 25.1 Å². The number of rotatable bonds is 16. The van der Waals surface area contributed by atoms with Crippen LogP contribution in [0.4, 0.5) is 0 Å². The van der Waals surface area contributed by atoms with Gasteiger partial charge in [-0.2, -0.15) is 0 Å². The average molecular weight is 589 g/mol. The average Bonchev–Trinajstić information content (AvgIpc) is 3.48. The van der Waals surface area contributed by atoms with Gasteiger partial charge in [-0.25, -0.2) is 10.4 Å². The number of aliphatic hydroxyl groups excluding tert-OH is 1. The summed E-state index contributed by atoms with van der Waals surface area (Å²) in [5, 5.41) is 12.7. The quantitative estimate of drug-likeness (QED) is 0.0752. The lowest BCUT2D eigenvalue weighted by Crippen LogP contribution is -2.53. The Balaban J connectivity index is 1.51. The molecule has 1 heterocycles. The first-order valence-corrected chi connectivity index (χ1v) is 13.9. The first kappa shape index (κ1) is 31.2. The minimum atomic E-state index is -1.27. The van der Waals surface area contributed by atoms with Gasteiger partial charge in [0.05, 0.1) is 27.4 Å². The molecule has 0 aliphatic carbocycles. The molecule has 1 atom stereocenters. The van der Waals surface area contributed by atoms with Crippen molar-refractivity contribution >= 4 is 11.8 Å². The van der Waals surface area contributed by atoms with Crippen LogP contribution in [0.5, 0.6) is 17.2 Å². The monoisotopic (exact) mass is 588 g/mol. The summed E-state index contributed by atoms with van der Waals surface area (Å²) < 4.78 is 22.3. The van der Waals surface area contributed by atoms with E-state index in [2.05, 4.69) is 20.9 Å². The second kappa shape index (κ2) is 15.5. The van der Waals surface area contributed by atoms with Gasteiger partial charge in [0.2, 0.25) is 5.90 Å². The van der Waals surface area contributed by atoms with E-state index in [-0.39, 0.29) is 32.1 Å². The van der Waals surface area contributed by atoms with E-state index in [9.17, 15) is 4.79 Å². The fourth-order valence-corrected chi connectivity index (χ4v) is 4.64. The van der Waals surface area contributed by atoms with Gasteiger partial charge in [0.1, 0.15) is 12.4 Å². The first-order chi connectivity index (χ1) is 21.0. The Labute approximate surface area is 250 Å². The maximum atomic E-state index is 13.8. The summed E-state index contributed by atoms with van der Waals surface area (Å²) in [6.07, 6.45) is 1.40. The highest BCUT2D eigenvalue weighted by molar-refractivity contribution is 6.00. The Kier molecular flexibility index (Phi) is 11.2. The molecule has 12 heteroatoms. The van der Waals surface area contributed by atoms with Crippen LogP contribution >= 0.6 is 0 Å². The molecular weight excluding hydrogens is 552 g/mol. The zero-order chi connectivity index (χ0) is 30.5. The zero-order valence-electron chi connectivity index (χ0n) is 24.3. The van der Waals surface area contributed by atoms with E-state index >= 15 is 0 Å². The molecule has 12 nitrogen and oxygen atoms in total. The Hall–Kier alpha value is -4.77. The van der Waals surface area contributed by atoms with Gasteiger partial charge in [-0.05, 0) is 65.0 Å². The smallest absolute Gasteiger partial charge is 0.266 e. The third-order valence-electron chi connectivity index (χ3n) is 6.95. The predicted molar refractivity (Wildman–Crippen MR) is 161 cm³/mol. The van der Waals surface area contributed by atoms with E-state index in [1.54, 1.807) is 26.4 Å². The van der Waals surface area contributed by atoms with Crippen molar-refractivity contribution < 1.29 is 28.8 Å². The predicted octanol–water partition coefficient (Wildman–Crippen LogP) is 3.90. The van der Waals surface area contributed by atoms with Crippen LogP contribution in [0.25, 0.3) is 10.4 Å². The topological polar surface area (TPSA) is 159 Å². The van der Waals surface area contributed by atoms with E-state index in [4.69, 9.17) is 34.6 Å². The number of nitrogens with zero attached hydrogens (tertiary/aromatic N) is 4. The van der Waals surface area contributed by atoms with Gasteiger partial charge in [-0.1, -0.05) is 35.4 Å². The summed E-state index contributed by atoms with van der Waals surface area (Å²) in [6, 6.07) is 20.4. The highest BCUT2D eigenvalue weighted by atomic mass is 16.5. The fraction of sp³-hybridized carbons (Fsp3) is 0.355. The lowest BCUT2D eigenvalue weighted by Gasteiger charge is -2.24. The largest absolute Gasteiger partial charge is 0.494 e. The van der Waals surface area contributed by atoms with E-state index < -0.39 is 5.54 Å². The number of benzene rings is 3. The number of hydrogen-bond acceptors (Lipinski definition) is 9. The van der Waals surface area contributed by atoms with Crippen LogP contribution in [0.15, 0.2) is 76.8 Å². The normalized spacial score (nSPS) is 15.6. The maximum Gasteiger partial charge on any atom is 0.266 e. The molecule has 0 bridgehead atoms. The van der Waals surface area contributed by atoms with E-state index in [0.717, 1.165) is 16.7 Å². The van der Waals surface area contributed by atoms with Gasteiger partial charge in [0.25, 0.3) is 5.91 Å². The van der Waals surface area contributed by atoms with Crippen molar-refractivity contribution in [1.29, 1.82) is 0 Å². The molecule has 0 fully saturated rings. The highest BCUT2D eigenvalue weighted by Crippen LogP contribution is 2.30. The Morgan fingerprint density at radius 3 is 2.58 bits per heavy atom. The van der Waals surface area contributed by atoms with Gasteiger partial charge < -0.3 is 24.1 Å². The van der Waals surface area contributed by atoms with Crippen molar-refractivity contribution in [3.8, 4) is 17.2 Å². The van der Waals surface area contributed by atoms with Crippen LogP contribution in [0.3, 0.4) is 0 Å². The van der Waals surface area contributed by atoms with Gasteiger partial charge >= 0.3 is 0 Å². The van der Waals surface area contributed by atoms with Gasteiger partial charge in [-0.15, -0.1) is 0 Å². The lowest BCUT2D eigenvalue weighted by atomic mass is 9.89. The minimum absolute atomic E-state index is 0.0239. The molecule has 0 radical (unpaired) electrons. The summed E-state index contributed by atoms with van der Waals surface area (Å²) in [4.78, 5) is 21.5. The molecule has 0 aromatic heterocycles. The number of azide groups is 1. The zero-order valence-corrected chi connectivity index (χ0v) is 24.3. The van der Waals surface area contributed by atoms with E-state index in [0.29, 0.717) is 54.7 Å². The van der Waals surface area contributed by atoms with Crippen LogP contribution in [0.1, 0.15) is 28.7 Å². The molecule has 4 rings (SSSR count). The molecule has 0 saturated heterocycles. The standard InChI is InChI=1S/C31H36N6O6/c1-40-27-13-8-22(18-28(27)41-2)14-15-33-36-30(39)31(19-24-6-3-4-7-25(24)20-34-37-32)21-43-29(35-31)23-9-11-26(12-10-23)42-17-5-16-38/h3-4,6-13,18,33,38H,5,14-17,19-21H2,1-2H3,(H,36,39)/t31-/m0/s1. The third-order valence-corrected chi connectivity index (χ3v) is 6.95. The number of hydrogen-bond donors (Lipinski definition) is 3. The highest BCUT2D eigenvalue weighted by Gasteiger charge is 2.45. The van der Waals surface area contributed by atoms with Crippen molar-refractivity contribution in [3.63, 3.8) is 0 Å². The minimum Gasteiger partial charge on any atom is -0.494 e. The number of carbonyl (C=O) groups excluding carboxylic acids is 1. The second-order valence-electron chi connectivity index (χ2n) is 9.84. The summed E-state index contributed by atoms with van der Waals surface area (Å²) >= 11 is 0. The summed E-state index contributed by atoms with van der Waals surface area (Å²) in [5.41, 5.74) is 16.8. The number of nitrogens with one attached hydrogen (secondary N) is 2. The fourth-order valence-electron chi connectivity index (χ4n) is 4.64. The molecule has 0 unspecified atom stereocenters. The number of aliphatic imine (C=N–C) groups is 1. The SMILES string of the molecule is COc1ccc(CCNNC(=O)[C@]2(Cc3ccccc3CN=[N+]=[N-])COC(c3ccc(OCCCO)cc3)=N2)cc1OC. The molecule has 1 aliphatic heterocycles. The first-order valence-electron chi connectivity index (χ1n) is 13.9. The molecule has 3 N–H and O–H groups in total. The molecule has 0 saturated carbocycles. The van der Waals surface area contributed by atoms with Crippen molar-refractivity contribution in [3.05, 3.63) is 99.4 Å². The van der Waals surface area contributed by atoms with Gasteiger partial charge in [-0.3, -0.25) is 10.2 Å². The molecule has 1 aliphatic rings. The summed E-state index contributed by atoms with van der Waals surface area (Å²) in [7, 11) is 3.18. The van der Waals surface area contributed by atoms with Gasteiger partial charge in [0, 0.05) is 36.5 Å². The van der Waals surface area contributed by atoms with E-state index in [1.165, 1.54) is 0 Å². The van der Waals surface area contributed by atoms with Crippen LogP contribution in [0, 0.1) is 0 Å². The van der Waals surface area contributed by atoms with Crippen molar-refractivity contribution in [2.45, 2.75) is 31.3 Å². The van der Waals surface area contributed by atoms with Gasteiger partial charge in [0.15, 0.2) is 17.0 Å². The van der Waals surface area contributed by atoms with Crippen LogP contribution in [0.2, 0.25) is 0 Å². The number of aliphatic hydroxyl groups is 1. The number of carbonyl (C=O) groups is 1. The molecule has 3 aromatic rings. The Morgan fingerprint density at radius 1 is 1.09 bits per heavy atom. The lowest BCUT2D eigenvalue weighted by molar-refractivity contribution is -0.127. The third kappa shape index (κ3) is 8.16. The maximum absolute atomic E-state index is 13.8. The number of ether oxygens (including phenoxy) is 4. The molecule has 43 heavy (non-hydrogen) atoms. The Bertz CT molecular complexity index is 1460. The summed E-state index contributed by atoms with van der Waals surface area (Å²) in [6.45, 7) is 1.11. The van der Waals surface area contributed by atoms with Crippen molar-refractivity contribution in [2.75, 3.05) is 40.6 Å². The Morgan fingerprint density at radius 2 is 1.86 bits per heavy atom. The van der Waals surface area contributed by atoms with Crippen LogP contribution in [-0.4, -0.2) is 63.0 Å². The number of hydrazine groups is 1. The molecule has 226 valence electrons. The van der Waals surface area contributed by atoms with Crippen molar-refractivity contribution in [1.82, 2.24) is 10.9 Å². The molecule has 3 aromatic carbocycles. The van der Waals surface area contributed by atoms with Crippen molar-refractivity contribution in [2.24, 2.45) is 10.1 Å². The second-order valence-corrected chi connectivity index (χ2v) is 9.84. The molecule has 1 amide bonds. The van der Waals surface area contributed by atoms with Crippen LogP contribution in [-0.2, 0) is 28.9 Å².